The molecule has 0 bridgehead atoms. The van der Waals surface area contributed by atoms with Gasteiger partial charge in [0.15, 0.2) is 0 Å². The molecule has 34 heavy (non-hydrogen) atoms. The molecule has 3 aromatic heterocycles. The number of imidazole rings is 1. The van der Waals surface area contributed by atoms with E-state index in [1.807, 2.05) is 19.3 Å². The van der Waals surface area contributed by atoms with Crippen molar-refractivity contribution in [3.8, 4) is 22.5 Å². The van der Waals surface area contributed by atoms with Crippen LogP contribution >= 0.6 is 0 Å². The summed E-state index contributed by atoms with van der Waals surface area (Å²) in [7, 11) is 1.85. The molecule has 2 amide bonds. The number of H-pyrrole nitrogens is 1. The molecule has 1 aliphatic rings. The van der Waals surface area contributed by atoms with Gasteiger partial charge in [0.25, 0.3) is 5.91 Å². The number of aromatic nitrogens is 5. The predicted molar refractivity (Wildman–Crippen MR) is 126 cm³/mol. The van der Waals surface area contributed by atoms with Crippen LogP contribution in [0.4, 0.5) is 10.6 Å². The summed E-state index contributed by atoms with van der Waals surface area (Å²) in [6.07, 6.45) is 5.61. The van der Waals surface area contributed by atoms with E-state index in [9.17, 15) is 9.59 Å². The average Bonchev–Trinajstić information content (AvgIpc) is 3.45. The molecule has 11 nitrogen and oxygen atoms in total. The number of carbonyl (C=O) groups is 2. The third kappa shape index (κ3) is 4.15. The highest BCUT2D eigenvalue weighted by molar-refractivity contribution is 5.98. The van der Waals surface area contributed by atoms with Gasteiger partial charge in [-0.1, -0.05) is 0 Å². The fourth-order valence-corrected chi connectivity index (χ4v) is 4.16. The molecule has 1 fully saturated rings. The van der Waals surface area contributed by atoms with E-state index in [1.54, 1.807) is 35.3 Å². The molecular formula is C23H24N8O3. The molecule has 0 aliphatic carbocycles. The van der Waals surface area contributed by atoms with E-state index in [-0.39, 0.29) is 11.9 Å². The summed E-state index contributed by atoms with van der Waals surface area (Å²) < 4.78 is 1.72. The SMILES string of the molecule is Cn1cc(-c2cnc(N)c(-c3nc4ccc(C(=O)NC5CCN(C(=O)O)CC5)cc4[nH]3)c2)cn1. The number of hydrogen-bond donors (Lipinski definition) is 4. The molecule has 1 aromatic carbocycles. The number of piperidine rings is 1. The quantitative estimate of drug-likeness (QED) is 0.365. The smallest absolute Gasteiger partial charge is 0.407 e. The van der Waals surface area contributed by atoms with Crippen molar-refractivity contribution in [1.29, 1.82) is 0 Å². The maximum absolute atomic E-state index is 12.8. The average molecular weight is 460 g/mol. The molecule has 174 valence electrons. The molecule has 0 saturated carbocycles. The lowest BCUT2D eigenvalue weighted by Gasteiger charge is -2.30. The van der Waals surface area contributed by atoms with Gasteiger partial charge < -0.3 is 26.0 Å². The number of pyridine rings is 1. The van der Waals surface area contributed by atoms with E-state index in [4.69, 9.17) is 10.8 Å². The van der Waals surface area contributed by atoms with E-state index in [0.29, 0.717) is 59.7 Å². The van der Waals surface area contributed by atoms with Crippen LogP contribution < -0.4 is 11.1 Å². The Morgan fingerprint density at radius 3 is 2.68 bits per heavy atom. The van der Waals surface area contributed by atoms with Gasteiger partial charge in [-0.25, -0.2) is 14.8 Å². The van der Waals surface area contributed by atoms with E-state index in [0.717, 1.165) is 11.1 Å². The van der Waals surface area contributed by atoms with E-state index >= 15 is 0 Å². The lowest BCUT2D eigenvalue weighted by Crippen LogP contribution is -2.46. The van der Waals surface area contributed by atoms with E-state index in [2.05, 4.69) is 25.4 Å². The van der Waals surface area contributed by atoms with Gasteiger partial charge in [-0.15, -0.1) is 0 Å². The third-order valence-electron chi connectivity index (χ3n) is 6.06. The number of fused-ring (bicyclic) bond motifs is 1. The van der Waals surface area contributed by atoms with Crippen molar-refractivity contribution in [2.45, 2.75) is 18.9 Å². The lowest BCUT2D eigenvalue weighted by molar-refractivity contribution is 0.0907. The number of rotatable bonds is 4. The van der Waals surface area contributed by atoms with E-state index in [1.165, 1.54) is 4.90 Å². The number of anilines is 1. The summed E-state index contributed by atoms with van der Waals surface area (Å²) in [6, 6.07) is 7.11. The number of carbonyl (C=O) groups excluding carboxylic acids is 1. The number of nitrogens with two attached hydrogens (primary N) is 1. The Kier molecular flexibility index (Phi) is 5.36. The fraction of sp³-hybridized carbons (Fsp3) is 0.261. The maximum atomic E-state index is 12.8. The highest BCUT2D eigenvalue weighted by Crippen LogP contribution is 2.29. The number of benzene rings is 1. The molecule has 0 atom stereocenters. The fourth-order valence-electron chi connectivity index (χ4n) is 4.16. The summed E-state index contributed by atoms with van der Waals surface area (Å²) in [5.41, 5.74) is 10.5. The molecule has 1 aliphatic heterocycles. The number of nitrogen functional groups attached to an aromatic ring is 1. The van der Waals surface area contributed by atoms with Crippen LogP contribution in [0.5, 0.6) is 0 Å². The first-order valence-corrected chi connectivity index (χ1v) is 10.9. The van der Waals surface area contributed by atoms with Crippen LogP contribution in [0.1, 0.15) is 23.2 Å². The Morgan fingerprint density at radius 2 is 1.97 bits per heavy atom. The van der Waals surface area contributed by atoms with Crippen LogP contribution in [0.15, 0.2) is 42.9 Å². The van der Waals surface area contributed by atoms with Gasteiger partial charge >= 0.3 is 6.09 Å². The van der Waals surface area contributed by atoms with Gasteiger partial charge in [0.2, 0.25) is 0 Å². The van der Waals surface area contributed by atoms with Crippen LogP contribution in [-0.2, 0) is 7.05 Å². The molecule has 4 aromatic rings. The highest BCUT2D eigenvalue weighted by atomic mass is 16.4. The van der Waals surface area contributed by atoms with Crippen molar-refractivity contribution >= 4 is 28.9 Å². The molecule has 5 rings (SSSR count). The Bertz CT molecular complexity index is 1380. The monoisotopic (exact) mass is 460 g/mol. The van der Waals surface area contributed by atoms with Gasteiger partial charge in [0, 0.05) is 55.3 Å². The number of aryl methyl sites for hydroxylation is 1. The molecule has 0 radical (unpaired) electrons. The van der Waals surface area contributed by atoms with Crippen molar-refractivity contribution in [2.75, 3.05) is 18.8 Å². The van der Waals surface area contributed by atoms with Crippen molar-refractivity contribution in [3.05, 3.63) is 48.4 Å². The van der Waals surface area contributed by atoms with Crippen molar-refractivity contribution in [1.82, 2.24) is 34.9 Å². The zero-order chi connectivity index (χ0) is 23.8. The number of aromatic amines is 1. The number of nitrogens with one attached hydrogen (secondary N) is 2. The third-order valence-corrected chi connectivity index (χ3v) is 6.06. The molecule has 4 heterocycles. The second kappa shape index (κ2) is 8.50. The van der Waals surface area contributed by atoms with Gasteiger partial charge in [0.05, 0.1) is 22.8 Å². The van der Waals surface area contributed by atoms with Gasteiger partial charge in [-0.05, 0) is 37.1 Å². The van der Waals surface area contributed by atoms with E-state index < -0.39 is 6.09 Å². The number of amides is 2. The summed E-state index contributed by atoms with van der Waals surface area (Å²) in [5.74, 6) is 0.702. The zero-order valence-electron chi connectivity index (χ0n) is 18.5. The first-order valence-electron chi connectivity index (χ1n) is 10.9. The Labute approximate surface area is 194 Å². The molecular weight excluding hydrogens is 436 g/mol. The van der Waals surface area contributed by atoms with Crippen molar-refractivity contribution in [2.24, 2.45) is 7.05 Å². The van der Waals surface area contributed by atoms with Crippen molar-refractivity contribution < 1.29 is 14.7 Å². The molecule has 0 unspecified atom stereocenters. The number of nitrogens with zero attached hydrogens (tertiary/aromatic N) is 5. The summed E-state index contributed by atoms with van der Waals surface area (Å²) in [4.78, 5) is 37.4. The van der Waals surface area contributed by atoms with Gasteiger partial charge in [-0.3, -0.25) is 9.48 Å². The number of hydrogen-bond acceptors (Lipinski definition) is 6. The molecule has 1 saturated heterocycles. The van der Waals surface area contributed by atoms with Crippen LogP contribution in [0.3, 0.4) is 0 Å². The first kappa shape index (κ1) is 21.4. The topological polar surface area (TPSA) is 155 Å². The second-order valence-electron chi connectivity index (χ2n) is 8.39. The first-order chi connectivity index (χ1) is 16.4. The Balaban J connectivity index is 1.36. The molecule has 5 N–H and O–H groups in total. The van der Waals surface area contributed by atoms with Crippen LogP contribution in [0.25, 0.3) is 33.5 Å². The maximum Gasteiger partial charge on any atom is 0.407 e. The van der Waals surface area contributed by atoms with Gasteiger partial charge in [0.1, 0.15) is 11.6 Å². The van der Waals surface area contributed by atoms with Crippen LogP contribution in [0, 0.1) is 0 Å². The minimum Gasteiger partial charge on any atom is -0.465 e. The number of likely N-dealkylation sites (tertiary alicyclic amines) is 1. The zero-order valence-corrected chi connectivity index (χ0v) is 18.5. The van der Waals surface area contributed by atoms with Gasteiger partial charge in [-0.2, -0.15) is 5.10 Å². The largest absolute Gasteiger partial charge is 0.465 e. The minimum atomic E-state index is -0.924. The summed E-state index contributed by atoms with van der Waals surface area (Å²) in [5, 5.41) is 16.3. The predicted octanol–water partition coefficient (Wildman–Crippen LogP) is 2.48. The second-order valence-corrected chi connectivity index (χ2v) is 8.39. The Morgan fingerprint density at radius 1 is 1.18 bits per heavy atom. The standard InChI is InChI=1S/C23H24N8O3/c1-30-12-15(11-26-30)14-8-17(20(24)25-10-14)21-28-18-3-2-13(9-19(18)29-21)22(32)27-16-4-6-31(7-5-16)23(33)34/h2-3,8-12,16H,4-7H2,1H3,(H2,24,25)(H,27,32)(H,28,29)(H,33,34). The summed E-state index contributed by atoms with van der Waals surface area (Å²) >= 11 is 0. The molecule has 11 heteroatoms. The Hall–Kier alpha value is -4.41. The molecule has 0 spiro atoms. The van der Waals surface area contributed by atoms with Crippen molar-refractivity contribution in [3.63, 3.8) is 0 Å². The highest BCUT2D eigenvalue weighted by Gasteiger charge is 2.24. The normalized spacial score (nSPS) is 14.4. The number of carboxylic acid groups (broad SMARTS) is 1. The minimum absolute atomic E-state index is 0.0581. The van der Waals surface area contributed by atoms with Crippen LogP contribution in [-0.4, -0.2) is 65.9 Å². The lowest BCUT2D eigenvalue weighted by atomic mass is 10.0. The summed E-state index contributed by atoms with van der Waals surface area (Å²) in [6.45, 7) is 0.827. The van der Waals surface area contributed by atoms with Crippen LogP contribution in [0.2, 0.25) is 0 Å².